The van der Waals surface area contributed by atoms with Gasteiger partial charge in [-0.25, -0.2) is 0 Å². The van der Waals surface area contributed by atoms with Crippen molar-refractivity contribution in [3.05, 3.63) is 23.8 Å². The highest BCUT2D eigenvalue weighted by Crippen LogP contribution is 2.71. The van der Waals surface area contributed by atoms with Crippen LogP contribution in [0.2, 0.25) is 0 Å². The molecular formula is C30H50O. The maximum Gasteiger partial charge on any atom is 0.0577 e. The summed E-state index contributed by atoms with van der Waals surface area (Å²) < 4.78 is 0. The summed E-state index contributed by atoms with van der Waals surface area (Å²) in [6, 6.07) is 0. The number of hydrogen-bond acceptors (Lipinski definition) is 1. The molecule has 0 aliphatic heterocycles. The van der Waals surface area contributed by atoms with Gasteiger partial charge in [-0.15, -0.1) is 0 Å². The van der Waals surface area contributed by atoms with Crippen molar-refractivity contribution < 1.29 is 5.11 Å². The zero-order valence-electron chi connectivity index (χ0n) is 21.6. The first-order valence-corrected chi connectivity index (χ1v) is 13.6. The summed E-state index contributed by atoms with van der Waals surface area (Å²) in [6.45, 7) is 17.5. The Balaban J connectivity index is 1.57. The van der Waals surface area contributed by atoms with Crippen molar-refractivity contribution in [2.24, 2.45) is 51.8 Å². The van der Waals surface area contributed by atoms with Crippen LogP contribution in [0.5, 0.6) is 0 Å². The van der Waals surface area contributed by atoms with E-state index in [1.54, 1.807) is 5.57 Å². The molecule has 9 atom stereocenters. The lowest BCUT2D eigenvalue weighted by Gasteiger charge is -2.60. The van der Waals surface area contributed by atoms with Crippen LogP contribution in [0, 0.1) is 51.8 Å². The minimum Gasteiger partial charge on any atom is -0.393 e. The molecule has 4 aliphatic rings. The monoisotopic (exact) mass is 426 g/mol. The van der Waals surface area contributed by atoms with E-state index in [4.69, 9.17) is 0 Å². The van der Waals surface area contributed by atoms with Gasteiger partial charge in [0, 0.05) is 0 Å². The molecule has 1 nitrogen and oxygen atoms in total. The fraction of sp³-hybridized carbons (Fsp3) is 0.867. The zero-order chi connectivity index (χ0) is 22.6. The molecule has 4 aliphatic carbocycles. The molecule has 0 spiro atoms. The predicted molar refractivity (Wildman–Crippen MR) is 133 cm³/mol. The molecule has 3 fully saturated rings. The quantitative estimate of drug-likeness (QED) is 0.439. The number of allylic oxidation sites excluding steroid dienone is 3. The van der Waals surface area contributed by atoms with E-state index in [1.165, 1.54) is 44.9 Å². The Kier molecular flexibility index (Phi) is 6.35. The van der Waals surface area contributed by atoms with Gasteiger partial charge in [-0.1, -0.05) is 72.3 Å². The van der Waals surface area contributed by atoms with Gasteiger partial charge in [0.05, 0.1) is 6.10 Å². The summed E-state index contributed by atoms with van der Waals surface area (Å²) in [7, 11) is 0. The highest BCUT2D eigenvalue weighted by Gasteiger charge is 2.63. The van der Waals surface area contributed by atoms with Crippen molar-refractivity contribution in [1.82, 2.24) is 0 Å². The molecule has 1 heteroatoms. The minimum atomic E-state index is -0.0927. The Bertz CT molecular complexity index is 718. The summed E-state index contributed by atoms with van der Waals surface area (Å²) >= 11 is 0. The van der Waals surface area contributed by atoms with Crippen LogP contribution < -0.4 is 0 Å². The van der Waals surface area contributed by atoms with Crippen LogP contribution in [-0.4, -0.2) is 11.2 Å². The molecule has 0 heterocycles. The lowest BCUT2D eigenvalue weighted by atomic mass is 9.45. The molecule has 0 aromatic carbocycles. The van der Waals surface area contributed by atoms with Crippen LogP contribution in [0.3, 0.4) is 0 Å². The second-order valence-electron chi connectivity index (χ2n) is 13.1. The molecule has 176 valence electrons. The van der Waals surface area contributed by atoms with Crippen molar-refractivity contribution in [2.75, 3.05) is 0 Å². The van der Waals surface area contributed by atoms with Crippen molar-refractivity contribution in [1.29, 1.82) is 0 Å². The fourth-order valence-corrected chi connectivity index (χ4v) is 9.04. The Morgan fingerprint density at radius 1 is 1.00 bits per heavy atom. The number of fused-ring (bicyclic) bond motifs is 5. The third-order valence-corrected chi connectivity index (χ3v) is 11.7. The molecule has 0 saturated heterocycles. The SMILES string of the molecule is CC[C@H](/C=C/[C@@H](C)[C@@]1(C)CC[C@H]2[C@@H]3CC=C4C[C@@H](O)CC[C@]4(C)[C@H]3CC[C@@]21C)C(C)C. The van der Waals surface area contributed by atoms with Crippen LogP contribution in [0.15, 0.2) is 23.8 Å². The number of hydrogen-bond donors (Lipinski definition) is 1. The first-order chi connectivity index (χ1) is 14.6. The molecule has 0 radical (unpaired) electrons. The normalized spacial score (nSPS) is 46.9. The van der Waals surface area contributed by atoms with Crippen LogP contribution in [0.25, 0.3) is 0 Å². The number of aliphatic hydroxyl groups excluding tert-OH is 1. The molecular weight excluding hydrogens is 376 g/mol. The average molecular weight is 427 g/mol. The van der Waals surface area contributed by atoms with Gasteiger partial charge in [-0.05, 0) is 110 Å². The number of rotatable bonds is 5. The van der Waals surface area contributed by atoms with Crippen molar-refractivity contribution >= 4 is 0 Å². The smallest absolute Gasteiger partial charge is 0.0577 e. The maximum absolute atomic E-state index is 10.3. The van der Waals surface area contributed by atoms with Gasteiger partial charge in [-0.2, -0.15) is 0 Å². The zero-order valence-corrected chi connectivity index (χ0v) is 21.6. The molecule has 1 N–H and O–H groups in total. The molecule has 0 aromatic heterocycles. The average Bonchev–Trinajstić information content (AvgIpc) is 3.00. The Labute approximate surface area is 193 Å². The standard InChI is InChI=1S/C30H50O/c1-8-22(20(2)3)10-9-21(4)29(6)17-15-27-25-12-11-23-19-24(31)13-16-28(23,5)26(25)14-18-30(27,29)7/h9-11,20-22,24-27,31H,8,12-19H2,1-7H3/b10-9+/t21-,22-,24+,25-,26+,27+,28+,29-,30+/m1/s1. The molecule has 0 bridgehead atoms. The third kappa shape index (κ3) is 3.60. The Morgan fingerprint density at radius 3 is 2.39 bits per heavy atom. The van der Waals surface area contributed by atoms with Crippen LogP contribution in [-0.2, 0) is 0 Å². The highest BCUT2D eigenvalue weighted by molar-refractivity contribution is 5.26. The van der Waals surface area contributed by atoms with Crippen molar-refractivity contribution in [2.45, 2.75) is 112 Å². The fourth-order valence-electron chi connectivity index (χ4n) is 9.04. The molecule has 0 aromatic rings. The molecule has 0 unspecified atom stereocenters. The Hall–Kier alpha value is -0.560. The van der Waals surface area contributed by atoms with Crippen LogP contribution in [0.4, 0.5) is 0 Å². The Morgan fingerprint density at radius 2 is 1.71 bits per heavy atom. The van der Waals surface area contributed by atoms with Gasteiger partial charge in [0.1, 0.15) is 0 Å². The molecule has 31 heavy (non-hydrogen) atoms. The van der Waals surface area contributed by atoms with Crippen molar-refractivity contribution in [3.8, 4) is 0 Å². The van der Waals surface area contributed by atoms with Crippen LogP contribution >= 0.6 is 0 Å². The predicted octanol–water partition coefficient (Wildman–Crippen LogP) is 8.19. The maximum atomic E-state index is 10.3. The van der Waals surface area contributed by atoms with Gasteiger partial charge in [0.15, 0.2) is 0 Å². The third-order valence-electron chi connectivity index (χ3n) is 11.7. The number of aliphatic hydroxyl groups is 1. The topological polar surface area (TPSA) is 20.2 Å². The second kappa shape index (κ2) is 8.34. The van der Waals surface area contributed by atoms with Gasteiger partial charge in [-0.3, -0.25) is 0 Å². The lowest BCUT2D eigenvalue weighted by molar-refractivity contribution is -0.0822. The van der Waals surface area contributed by atoms with E-state index in [1.807, 2.05) is 0 Å². The van der Waals surface area contributed by atoms with Gasteiger partial charge >= 0.3 is 0 Å². The van der Waals surface area contributed by atoms with E-state index >= 15 is 0 Å². The van der Waals surface area contributed by atoms with E-state index in [0.717, 1.165) is 42.4 Å². The van der Waals surface area contributed by atoms with Gasteiger partial charge < -0.3 is 5.11 Å². The van der Waals surface area contributed by atoms with E-state index in [2.05, 4.69) is 66.7 Å². The molecule has 4 rings (SSSR count). The summed E-state index contributed by atoms with van der Waals surface area (Å²) in [5, 5.41) is 10.3. The van der Waals surface area contributed by atoms with Crippen LogP contribution in [0.1, 0.15) is 106 Å². The van der Waals surface area contributed by atoms with Gasteiger partial charge in [0.25, 0.3) is 0 Å². The lowest BCUT2D eigenvalue weighted by Crippen LogP contribution is -2.53. The first kappa shape index (κ1) is 23.6. The molecule has 0 amide bonds. The molecule has 3 saturated carbocycles. The van der Waals surface area contributed by atoms with E-state index in [0.29, 0.717) is 22.2 Å². The summed E-state index contributed by atoms with van der Waals surface area (Å²) in [6.07, 6.45) is 19.0. The summed E-state index contributed by atoms with van der Waals surface area (Å²) in [4.78, 5) is 0. The summed E-state index contributed by atoms with van der Waals surface area (Å²) in [5.74, 6) is 4.69. The van der Waals surface area contributed by atoms with E-state index < -0.39 is 0 Å². The van der Waals surface area contributed by atoms with E-state index in [9.17, 15) is 5.11 Å². The second-order valence-corrected chi connectivity index (χ2v) is 13.1. The minimum absolute atomic E-state index is 0.0927. The van der Waals surface area contributed by atoms with Crippen molar-refractivity contribution in [3.63, 3.8) is 0 Å². The highest BCUT2D eigenvalue weighted by atomic mass is 16.3. The largest absolute Gasteiger partial charge is 0.393 e. The van der Waals surface area contributed by atoms with Gasteiger partial charge in [0.2, 0.25) is 0 Å². The first-order valence-electron chi connectivity index (χ1n) is 13.6. The summed E-state index contributed by atoms with van der Waals surface area (Å²) in [5.41, 5.74) is 2.85. The van der Waals surface area contributed by atoms with E-state index in [-0.39, 0.29) is 6.10 Å².